The quantitative estimate of drug-likeness (QED) is 0.802. The van der Waals surface area contributed by atoms with Gasteiger partial charge in [-0.15, -0.1) is 0 Å². The second-order valence-corrected chi connectivity index (χ2v) is 5.25. The monoisotopic (exact) mass is 291 g/mol. The zero-order chi connectivity index (χ0) is 15.5. The molecule has 1 amide bonds. The van der Waals surface area contributed by atoms with Gasteiger partial charge in [0.1, 0.15) is 5.82 Å². The Kier molecular flexibility index (Phi) is 3.74. The summed E-state index contributed by atoms with van der Waals surface area (Å²) in [5.41, 5.74) is 1.36. The van der Waals surface area contributed by atoms with Gasteiger partial charge >= 0.3 is 0 Å². The fraction of sp³-hybridized carbons (Fsp3) is 0.111. The van der Waals surface area contributed by atoms with Crippen molar-refractivity contribution in [3.8, 4) is 0 Å². The number of rotatable bonds is 3. The molecule has 1 heterocycles. The van der Waals surface area contributed by atoms with Crippen molar-refractivity contribution in [1.82, 2.24) is 4.98 Å². The molecule has 3 aromatic rings. The zero-order valence-electron chi connectivity index (χ0n) is 12.6. The lowest BCUT2D eigenvalue weighted by atomic mass is 10.1. The van der Waals surface area contributed by atoms with Gasteiger partial charge in [0.2, 0.25) is 0 Å². The third-order valence-electron chi connectivity index (χ3n) is 3.49. The largest absolute Gasteiger partial charge is 0.362 e. The summed E-state index contributed by atoms with van der Waals surface area (Å²) in [7, 11) is 3.74. The Morgan fingerprint density at radius 1 is 1.00 bits per heavy atom. The number of hydrogen-bond donors (Lipinski definition) is 1. The van der Waals surface area contributed by atoms with Crippen LogP contribution in [-0.2, 0) is 0 Å². The van der Waals surface area contributed by atoms with Gasteiger partial charge in [-0.3, -0.25) is 4.79 Å². The number of nitrogens with one attached hydrogen (secondary N) is 1. The van der Waals surface area contributed by atoms with Crippen molar-refractivity contribution in [3.63, 3.8) is 0 Å². The van der Waals surface area contributed by atoms with Gasteiger partial charge in [-0.05, 0) is 23.6 Å². The Bertz CT molecular complexity index is 822. The summed E-state index contributed by atoms with van der Waals surface area (Å²) in [5.74, 6) is 0.494. The molecule has 22 heavy (non-hydrogen) atoms. The number of carbonyl (C=O) groups excluding carboxylic acids is 1. The SMILES string of the molecule is CN(C)c1ncccc1C(=O)Nc1cccc2ccccc12. The minimum absolute atomic E-state index is 0.159. The highest BCUT2D eigenvalue weighted by atomic mass is 16.1. The summed E-state index contributed by atoms with van der Waals surface area (Å²) in [6.45, 7) is 0. The van der Waals surface area contributed by atoms with Crippen molar-refractivity contribution < 1.29 is 4.79 Å². The number of anilines is 2. The van der Waals surface area contributed by atoms with E-state index in [0.717, 1.165) is 16.5 Å². The number of benzene rings is 2. The first-order valence-corrected chi connectivity index (χ1v) is 7.08. The zero-order valence-corrected chi connectivity index (χ0v) is 12.6. The molecule has 0 spiro atoms. The molecule has 2 aromatic carbocycles. The summed E-state index contributed by atoms with van der Waals surface area (Å²) in [4.78, 5) is 18.7. The highest BCUT2D eigenvalue weighted by molar-refractivity contribution is 6.11. The van der Waals surface area contributed by atoms with Gasteiger partial charge in [0.05, 0.1) is 5.56 Å². The molecule has 3 rings (SSSR count). The molecule has 1 N–H and O–H groups in total. The van der Waals surface area contributed by atoms with Gasteiger partial charge in [0.25, 0.3) is 5.91 Å². The van der Waals surface area contributed by atoms with Crippen LogP contribution in [0.1, 0.15) is 10.4 Å². The summed E-state index contributed by atoms with van der Waals surface area (Å²) >= 11 is 0. The van der Waals surface area contributed by atoms with Crippen molar-refractivity contribution in [1.29, 1.82) is 0 Å². The van der Waals surface area contributed by atoms with E-state index in [1.807, 2.05) is 61.5 Å². The number of fused-ring (bicyclic) bond motifs is 1. The molecule has 0 aliphatic heterocycles. The lowest BCUT2D eigenvalue weighted by Crippen LogP contribution is -2.19. The molecule has 0 saturated carbocycles. The maximum absolute atomic E-state index is 12.6. The third-order valence-corrected chi connectivity index (χ3v) is 3.49. The van der Waals surface area contributed by atoms with E-state index in [9.17, 15) is 4.79 Å². The molecule has 0 aliphatic rings. The summed E-state index contributed by atoms with van der Waals surface area (Å²) in [5, 5.41) is 5.11. The van der Waals surface area contributed by atoms with Gasteiger partial charge < -0.3 is 10.2 Å². The normalized spacial score (nSPS) is 10.5. The number of amides is 1. The highest BCUT2D eigenvalue weighted by Gasteiger charge is 2.14. The van der Waals surface area contributed by atoms with Gasteiger partial charge in [0.15, 0.2) is 0 Å². The first-order chi connectivity index (χ1) is 10.7. The lowest BCUT2D eigenvalue weighted by molar-refractivity contribution is 0.102. The fourth-order valence-corrected chi connectivity index (χ4v) is 2.45. The van der Waals surface area contributed by atoms with Crippen LogP contribution in [0.5, 0.6) is 0 Å². The van der Waals surface area contributed by atoms with Crippen LogP contribution in [0.15, 0.2) is 60.8 Å². The predicted octanol–water partition coefficient (Wildman–Crippen LogP) is 3.55. The number of aromatic nitrogens is 1. The van der Waals surface area contributed by atoms with E-state index < -0.39 is 0 Å². The Hall–Kier alpha value is -2.88. The molecule has 0 unspecified atom stereocenters. The second-order valence-electron chi connectivity index (χ2n) is 5.25. The van der Waals surface area contributed by atoms with E-state index in [0.29, 0.717) is 11.4 Å². The van der Waals surface area contributed by atoms with Crippen LogP contribution in [0.2, 0.25) is 0 Å². The minimum Gasteiger partial charge on any atom is -0.362 e. The van der Waals surface area contributed by atoms with Gasteiger partial charge in [-0.1, -0.05) is 36.4 Å². The smallest absolute Gasteiger partial charge is 0.259 e. The van der Waals surface area contributed by atoms with Crippen molar-refractivity contribution in [2.45, 2.75) is 0 Å². The first-order valence-electron chi connectivity index (χ1n) is 7.08. The predicted molar refractivity (Wildman–Crippen MR) is 90.5 cm³/mol. The summed E-state index contributed by atoms with van der Waals surface area (Å²) in [6, 6.07) is 17.4. The molecule has 0 bridgehead atoms. The highest BCUT2D eigenvalue weighted by Crippen LogP contribution is 2.24. The number of carbonyl (C=O) groups is 1. The van der Waals surface area contributed by atoms with Crippen molar-refractivity contribution in [2.75, 3.05) is 24.3 Å². The molecule has 0 radical (unpaired) electrons. The molecular weight excluding hydrogens is 274 g/mol. The van der Waals surface area contributed by atoms with E-state index in [-0.39, 0.29) is 5.91 Å². The molecule has 0 saturated heterocycles. The molecule has 1 aromatic heterocycles. The fourth-order valence-electron chi connectivity index (χ4n) is 2.45. The third kappa shape index (κ3) is 2.63. The minimum atomic E-state index is -0.159. The first kappa shape index (κ1) is 14.1. The van der Waals surface area contributed by atoms with Crippen LogP contribution in [0.3, 0.4) is 0 Å². The van der Waals surface area contributed by atoms with Crippen LogP contribution < -0.4 is 10.2 Å². The maximum atomic E-state index is 12.6. The van der Waals surface area contributed by atoms with E-state index in [1.165, 1.54) is 0 Å². The summed E-state index contributed by atoms with van der Waals surface area (Å²) in [6.07, 6.45) is 1.68. The topological polar surface area (TPSA) is 45.2 Å². The number of hydrogen-bond acceptors (Lipinski definition) is 3. The van der Waals surface area contributed by atoms with Crippen molar-refractivity contribution in [3.05, 3.63) is 66.4 Å². The van der Waals surface area contributed by atoms with Crippen LogP contribution >= 0.6 is 0 Å². The van der Waals surface area contributed by atoms with E-state index in [1.54, 1.807) is 18.3 Å². The van der Waals surface area contributed by atoms with Gasteiger partial charge in [-0.25, -0.2) is 4.98 Å². The molecule has 0 atom stereocenters. The van der Waals surface area contributed by atoms with Gasteiger partial charge in [-0.2, -0.15) is 0 Å². The molecule has 0 aliphatic carbocycles. The van der Waals surface area contributed by atoms with Gasteiger partial charge in [0, 0.05) is 31.4 Å². The second kappa shape index (κ2) is 5.85. The maximum Gasteiger partial charge on any atom is 0.259 e. The van der Waals surface area contributed by atoms with E-state index >= 15 is 0 Å². The number of pyridine rings is 1. The molecular formula is C18H17N3O. The molecule has 4 heteroatoms. The Morgan fingerprint density at radius 3 is 2.59 bits per heavy atom. The summed E-state index contributed by atoms with van der Waals surface area (Å²) < 4.78 is 0. The van der Waals surface area contributed by atoms with Crippen LogP contribution in [0.25, 0.3) is 10.8 Å². The van der Waals surface area contributed by atoms with Crippen molar-refractivity contribution in [2.24, 2.45) is 0 Å². The Labute approximate surface area is 129 Å². The van der Waals surface area contributed by atoms with Crippen LogP contribution in [0.4, 0.5) is 11.5 Å². The number of nitrogens with zero attached hydrogens (tertiary/aromatic N) is 2. The van der Waals surface area contributed by atoms with Crippen molar-refractivity contribution >= 4 is 28.2 Å². The molecule has 0 fully saturated rings. The average Bonchev–Trinajstić information content (AvgIpc) is 2.55. The van der Waals surface area contributed by atoms with E-state index in [4.69, 9.17) is 0 Å². The lowest BCUT2D eigenvalue weighted by Gasteiger charge is -2.16. The molecule has 4 nitrogen and oxygen atoms in total. The Morgan fingerprint density at radius 2 is 1.77 bits per heavy atom. The van der Waals surface area contributed by atoms with Crippen LogP contribution in [-0.4, -0.2) is 25.0 Å². The van der Waals surface area contributed by atoms with Crippen LogP contribution in [0, 0.1) is 0 Å². The molecule has 110 valence electrons. The standard InChI is InChI=1S/C18H17N3O/c1-21(2)17-15(10-6-12-19-17)18(22)20-16-11-5-8-13-7-3-4-9-14(13)16/h3-12H,1-2H3,(H,20,22). The average molecular weight is 291 g/mol. The Balaban J connectivity index is 1.98. The van der Waals surface area contributed by atoms with E-state index in [2.05, 4.69) is 10.3 Å².